The molecule has 0 saturated carbocycles. The van der Waals surface area contributed by atoms with Gasteiger partial charge in [-0.2, -0.15) is 13.2 Å². The molecule has 156 valence electrons. The van der Waals surface area contributed by atoms with E-state index in [2.05, 4.69) is 10.1 Å². The highest BCUT2D eigenvalue weighted by Gasteiger charge is 2.32. The average Bonchev–Trinajstić information content (AvgIpc) is 2.63. The van der Waals surface area contributed by atoms with Crippen molar-refractivity contribution in [2.45, 2.75) is 46.3 Å². The fraction of sp³-hybridized carbons (Fsp3) is 0.600. The number of piperidine rings is 1. The van der Waals surface area contributed by atoms with Gasteiger partial charge in [0.2, 0.25) is 11.8 Å². The number of likely N-dealkylation sites (tertiary alicyclic amines) is 1. The monoisotopic (exact) mass is 400 g/mol. The van der Waals surface area contributed by atoms with E-state index in [-0.39, 0.29) is 23.5 Å². The topological polar surface area (TPSA) is 58.6 Å². The zero-order valence-electron chi connectivity index (χ0n) is 16.4. The Hall–Kier alpha value is -2.25. The number of hydrogen-bond acceptors (Lipinski definition) is 3. The maximum atomic E-state index is 12.4. The van der Waals surface area contributed by atoms with Crippen molar-refractivity contribution >= 4 is 11.8 Å². The van der Waals surface area contributed by atoms with Crippen molar-refractivity contribution in [2.24, 2.45) is 11.3 Å². The molecule has 1 saturated heterocycles. The molecule has 0 atom stereocenters. The Balaban J connectivity index is 1.76. The van der Waals surface area contributed by atoms with E-state index < -0.39 is 18.2 Å². The van der Waals surface area contributed by atoms with Crippen LogP contribution in [0, 0.1) is 11.3 Å². The minimum atomic E-state index is -4.38. The van der Waals surface area contributed by atoms with E-state index >= 15 is 0 Å². The van der Waals surface area contributed by atoms with Crippen molar-refractivity contribution in [3.63, 3.8) is 0 Å². The summed E-state index contributed by atoms with van der Waals surface area (Å²) in [6.45, 7) is 5.74. The number of amides is 2. The summed E-state index contributed by atoms with van der Waals surface area (Å²) < 4.78 is 41.1. The third-order valence-corrected chi connectivity index (χ3v) is 4.59. The highest BCUT2D eigenvalue weighted by Crippen LogP contribution is 2.24. The number of halogens is 3. The van der Waals surface area contributed by atoms with Gasteiger partial charge in [-0.05, 0) is 30.5 Å². The Morgan fingerprint density at radius 1 is 1.11 bits per heavy atom. The summed E-state index contributed by atoms with van der Waals surface area (Å²) >= 11 is 0. The number of hydrogen-bond donors (Lipinski definition) is 1. The molecule has 0 aromatic heterocycles. The van der Waals surface area contributed by atoms with E-state index in [1.807, 2.05) is 25.7 Å². The van der Waals surface area contributed by atoms with E-state index in [0.717, 1.165) is 5.56 Å². The SMILES string of the molecule is CC(C)(C)C(=O)N1CCC(C(=O)NCc2ccc(OCC(F)(F)F)cc2)CC1. The molecule has 1 N–H and O–H groups in total. The van der Waals surface area contributed by atoms with Gasteiger partial charge in [-0.1, -0.05) is 32.9 Å². The van der Waals surface area contributed by atoms with Crippen LogP contribution in [0.4, 0.5) is 13.2 Å². The van der Waals surface area contributed by atoms with E-state index in [4.69, 9.17) is 0 Å². The lowest BCUT2D eigenvalue weighted by molar-refractivity contribution is -0.153. The van der Waals surface area contributed by atoms with Crippen LogP contribution in [0.3, 0.4) is 0 Å². The molecule has 5 nitrogen and oxygen atoms in total. The van der Waals surface area contributed by atoms with Crippen LogP contribution >= 0.6 is 0 Å². The van der Waals surface area contributed by atoms with Crippen molar-refractivity contribution in [3.05, 3.63) is 29.8 Å². The molecule has 0 bridgehead atoms. The second-order valence-electron chi connectivity index (χ2n) is 8.08. The fourth-order valence-corrected chi connectivity index (χ4v) is 3.02. The number of benzene rings is 1. The second-order valence-corrected chi connectivity index (χ2v) is 8.08. The zero-order valence-corrected chi connectivity index (χ0v) is 16.4. The van der Waals surface area contributed by atoms with E-state index in [1.165, 1.54) is 12.1 Å². The summed E-state index contributed by atoms with van der Waals surface area (Å²) in [5, 5.41) is 2.86. The zero-order chi connectivity index (χ0) is 20.9. The van der Waals surface area contributed by atoms with Crippen LogP contribution in [-0.4, -0.2) is 42.6 Å². The third kappa shape index (κ3) is 6.73. The highest BCUT2D eigenvalue weighted by molar-refractivity contribution is 5.82. The minimum absolute atomic E-state index is 0.0692. The smallest absolute Gasteiger partial charge is 0.422 e. The van der Waals surface area contributed by atoms with Crippen LogP contribution in [0.15, 0.2) is 24.3 Å². The van der Waals surface area contributed by atoms with Gasteiger partial charge >= 0.3 is 6.18 Å². The summed E-state index contributed by atoms with van der Waals surface area (Å²) in [5.74, 6) is 0.0149. The van der Waals surface area contributed by atoms with Gasteiger partial charge in [0.25, 0.3) is 0 Å². The number of carbonyl (C=O) groups is 2. The predicted molar refractivity (Wildman–Crippen MR) is 98.6 cm³/mol. The molecule has 1 aromatic rings. The predicted octanol–water partition coefficient (Wildman–Crippen LogP) is 3.53. The maximum Gasteiger partial charge on any atom is 0.422 e. The molecule has 0 spiro atoms. The molecule has 2 rings (SSSR count). The van der Waals surface area contributed by atoms with Gasteiger partial charge in [0.1, 0.15) is 5.75 Å². The Morgan fingerprint density at radius 3 is 2.18 bits per heavy atom. The Kier molecular flexibility index (Phi) is 6.96. The number of alkyl halides is 3. The molecule has 0 radical (unpaired) electrons. The first-order valence-corrected chi connectivity index (χ1v) is 9.31. The van der Waals surface area contributed by atoms with Crippen LogP contribution in [0.2, 0.25) is 0 Å². The molecule has 1 aliphatic heterocycles. The fourth-order valence-electron chi connectivity index (χ4n) is 3.02. The molecular formula is C20H27F3N2O3. The Bertz CT molecular complexity index is 673. The number of rotatable bonds is 5. The van der Waals surface area contributed by atoms with Crippen LogP contribution in [0.25, 0.3) is 0 Å². The van der Waals surface area contributed by atoms with Crippen molar-refractivity contribution in [1.82, 2.24) is 10.2 Å². The van der Waals surface area contributed by atoms with Crippen LogP contribution in [0.5, 0.6) is 5.75 Å². The highest BCUT2D eigenvalue weighted by atomic mass is 19.4. The molecule has 1 aromatic carbocycles. The van der Waals surface area contributed by atoms with Crippen LogP contribution in [-0.2, 0) is 16.1 Å². The Labute approximate surface area is 163 Å². The van der Waals surface area contributed by atoms with E-state index in [0.29, 0.717) is 32.5 Å². The van der Waals surface area contributed by atoms with Gasteiger partial charge in [-0.15, -0.1) is 0 Å². The van der Waals surface area contributed by atoms with Gasteiger partial charge in [0.05, 0.1) is 0 Å². The molecule has 8 heteroatoms. The number of nitrogens with zero attached hydrogens (tertiary/aromatic N) is 1. The number of ether oxygens (including phenoxy) is 1. The lowest BCUT2D eigenvalue weighted by Crippen LogP contribution is -2.46. The largest absolute Gasteiger partial charge is 0.484 e. The summed E-state index contributed by atoms with van der Waals surface area (Å²) in [6.07, 6.45) is -3.13. The van der Waals surface area contributed by atoms with Crippen LogP contribution in [0.1, 0.15) is 39.2 Å². The molecule has 0 unspecified atom stereocenters. The summed E-state index contributed by atoms with van der Waals surface area (Å²) in [6, 6.07) is 6.14. The first-order chi connectivity index (χ1) is 13.0. The molecular weight excluding hydrogens is 373 g/mol. The maximum absolute atomic E-state index is 12.4. The van der Waals surface area contributed by atoms with E-state index in [9.17, 15) is 22.8 Å². The number of nitrogens with one attached hydrogen (secondary N) is 1. The molecule has 1 fully saturated rings. The lowest BCUT2D eigenvalue weighted by Gasteiger charge is -2.35. The van der Waals surface area contributed by atoms with Crippen molar-refractivity contribution < 1.29 is 27.5 Å². The average molecular weight is 400 g/mol. The molecule has 2 amide bonds. The molecule has 1 aliphatic rings. The summed E-state index contributed by atoms with van der Waals surface area (Å²) in [4.78, 5) is 26.5. The molecule has 1 heterocycles. The second kappa shape index (κ2) is 8.84. The van der Waals surface area contributed by atoms with E-state index in [1.54, 1.807) is 12.1 Å². The van der Waals surface area contributed by atoms with Crippen molar-refractivity contribution in [3.8, 4) is 5.75 Å². The molecule has 28 heavy (non-hydrogen) atoms. The first kappa shape index (κ1) is 22.0. The standard InChI is InChI=1S/C20H27F3N2O3/c1-19(2,3)18(27)25-10-8-15(9-11-25)17(26)24-12-14-4-6-16(7-5-14)28-13-20(21,22)23/h4-7,15H,8-13H2,1-3H3,(H,24,26). The van der Waals surface area contributed by atoms with Crippen molar-refractivity contribution in [2.75, 3.05) is 19.7 Å². The number of carbonyl (C=O) groups excluding carboxylic acids is 2. The third-order valence-electron chi connectivity index (χ3n) is 4.59. The molecule has 0 aliphatic carbocycles. The van der Waals surface area contributed by atoms with Gasteiger partial charge < -0.3 is 15.0 Å². The normalized spacial score (nSPS) is 16.0. The summed E-state index contributed by atoms with van der Waals surface area (Å²) in [5.41, 5.74) is 0.346. The first-order valence-electron chi connectivity index (χ1n) is 9.31. The van der Waals surface area contributed by atoms with Gasteiger partial charge in [-0.25, -0.2) is 0 Å². The van der Waals surface area contributed by atoms with Gasteiger partial charge in [0.15, 0.2) is 6.61 Å². The Morgan fingerprint density at radius 2 is 1.68 bits per heavy atom. The summed E-state index contributed by atoms with van der Waals surface area (Å²) in [7, 11) is 0. The quantitative estimate of drug-likeness (QED) is 0.823. The minimum Gasteiger partial charge on any atom is -0.484 e. The van der Waals surface area contributed by atoms with Gasteiger partial charge in [-0.3, -0.25) is 9.59 Å². The van der Waals surface area contributed by atoms with Crippen LogP contribution < -0.4 is 10.1 Å². The van der Waals surface area contributed by atoms with Gasteiger partial charge in [0, 0.05) is 31.0 Å². The lowest BCUT2D eigenvalue weighted by atomic mass is 9.90. The van der Waals surface area contributed by atoms with Crippen molar-refractivity contribution in [1.29, 1.82) is 0 Å².